The predicted octanol–water partition coefficient (Wildman–Crippen LogP) is 3.54. The Labute approximate surface area is 243 Å². The van der Waals surface area contributed by atoms with Crippen molar-refractivity contribution in [1.82, 2.24) is 19.2 Å². The molecule has 0 aliphatic carbocycles. The lowest BCUT2D eigenvalue weighted by molar-refractivity contribution is -0.117. The van der Waals surface area contributed by atoms with E-state index in [9.17, 15) is 18.0 Å². The summed E-state index contributed by atoms with van der Waals surface area (Å²) >= 11 is 12.2. The molecule has 0 atom stereocenters. The number of morpholine rings is 1. The van der Waals surface area contributed by atoms with Gasteiger partial charge in [0.15, 0.2) is 5.82 Å². The van der Waals surface area contributed by atoms with E-state index in [-0.39, 0.29) is 17.3 Å². The van der Waals surface area contributed by atoms with Crippen LogP contribution in [0, 0.1) is 0 Å². The predicted molar refractivity (Wildman–Crippen MR) is 152 cm³/mol. The highest BCUT2D eigenvalue weighted by Crippen LogP contribution is 2.27. The lowest BCUT2D eigenvalue weighted by Crippen LogP contribution is -2.41. The molecule has 10 nitrogen and oxygen atoms in total. The monoisotopic (exact) mass is 605 g/mol. The lowest BCUT2D eigenvalue weighted by Gasteiger charge is -2.28. The van der Waals surface area contributed by atoms with Crippen LogP contribution in [0.25, 0.3) is 0 Å². The molecule has 2 heterocycles. The van der Waals surface area contributed by atoms with E-state index in [0.29, 0.717) is 47.6 Å². The van der Waals surface area contributed by atoms with Gasteiger partial charge in [-0.25, -0.2) is 18.4 Å². The average molecular weight is 607 g/mol. The van der Waals surface area contributed by atoms with Gasteiger partial charge < -0.3 is 9.64 Å². The Balaban J connectivity index is 1.59. The molecular formula is C27H29Cl2N5O5S. The van der Waals surface area contributed by atoms with Gasteiger partial charge in [-0.2, -0.15) is 4.31 Å². The molecular weight excluding hydrogens is 577 g/mol. The summed E-state index contributed by atoms with van der Waals surface area (Å²) in [5.74, 6) is -1.20. The second-order valence-electron chi connectivity index (χ2n) is 9.18. The summed E-state index contributed by atoms with van der Waals surface area (Å²) in [6, 6.07) is 12.6. The van der Waals surface area contributed by atoms with E-state index >= 15 is 0 Å². The van der Waals surface area contributed by atoms with Crippen LogP contribution in [0.15, 0.2) is 65.8 Å². The molecule has 1 amide bonds. The van der Waals surface area contributed by atoms with Gasteiger partial charge in [0, 0.05) is 51.3 Å². The van der Waals surface area contributed by atoms with Gasteiger partial charge in [0.05, 0.1) is 41.1 Å². The molecule has 13 heteroatoms. The van der Waals surface area contributed by atoms with E-state index in [1.54, 1.807) is 36.4 Å². The smallest absolute Gasteiger partial charge is 0.242 e. The molecule has 0 bridgehead atoms. The number of sulfonamides is 1. The molecule has 1 aromatic heterocycles. The van der Waals surface area contributed by atoms with E-state index < -0.39 is 28.1 Å². The second kappa shape index (κ2) is 13.6. The van der Waals surface area contributed by atoms with Gasteiger partial charge in [0.25, 0.3) is 0 Å². The number of anilines is 1. The Morgan fingerprint density at radius 2 is 1.73 bits per heavy atom. The summed E-state index contributed by atoms with van der Waals surface area (Å²) in [5, 5.41) is 0.659. The molecule has 1 aliphatic rings. The molecule has 4 rings (SSSR count). The number of hydrogen-bond acceptors (Lipinski definition) is 8. The minimum absolute atomic E-state index is 0.0228. The molecule has 0 saturated carbocycles. The van der Waals surface area contributed by atoms with Crippen molar-refractivity contribution in [1.29, 1.82) is 0 Å². The van der Waals surface area contributed by atoms with Crippen LogP contribution >= 0.6 is 23.2 Å². The van der Waals surface area contributed by atoms with Gasteiger partial charge in [-0.1, -0.05) is 35.3 Å². The molecule has 0 radical (unpaired) electrons. The second-order valence-corrected chi connectivity index (χ2v) is 12.0. The highest BCUT2D eigenvalue weighted by atomic mass is 35.5. The van der Waals surface area contributed by atoms with Gasteiger partial charge in [0.1, 0.15) is 0 Å². The van der Waals surface area contributed by atoms with Gasteiger partial charge in [-0.05, 0) is 42.0 Å². The number of nitrogens with zero attached hydrogens (tertiary/aromatic N) is 5. The summed E-state index contributed by atoms with van der Waals surface area (Å²) in [4.78, 5) is 37.6. The maximum absolute atomic E-state index is 13.5. The van der Waals surface area contributed by atoms with Crippen molar-refractivity contribution in [3.63, 3.8) is 0 Å². The van der Waals surface area contributed by atoms with Crippen molar-refractivity contribution in [3.05, 3.63) is 82.4 Å². The van der Waals surface area contributed by atoms with Crippen molar-refractivity contribution < 1.29 is 22.7 Å². The largest absolute Gasteiger partial charge is 0.379 e. The molecule has 0 unspecified atom stereocenters. The minimum Gasteiger partial charge on any atom is -0.379 e. The number of carbonyl (C=O) groups excluding carboxylic acids is 2. The van der Waals surface area contributed by atoms with Gasteiger partial charge in [-0.15, -0.1) is 0 Å². The van der Waals surface area contributed by atoms with Crippen molar-refractivity contribution in [2.24, 2.45) is 0 Å². The van der Waals surface area contributed by atoms with E-state index in [4.69, 9.17) is 27.9 Å². The average Bonchev–Trinajstić information content (AvgIpc) is 2.97. The fraction of sp³-hybridized carbons (Fsp3) is 0.333. The zero-order valence-corrected chi connectivity index (χ0v) is 24.2. The first-order valence-electron chi connectivity index (χ1n) is 12.6. The highest BCUT2D eigenvalue weighted by Gasteiger charge is 2.26. The molecule has 212 valence electrons. The van der Waals surface area contributed by atoms with Crippen LogP contribution in [0.4, 0.5) is 5.69 Å². The first-order valence-corrected chi connectivity index (χ1v) is 14.8. The maximum atomic E-state index is 13.5. The summed E-state index contributed by atoms with van der Waals surface area (Å²) in [5.41, 5.74) is 0.947. The quantitative estimate of drug-likeness (QED) is 0.241. The number of benzene rings is 2. The summed E-state index contributed by atoms with van der Waals surface area (Å²) < 4.78 is 33.5. The number of hydrogen-bond donors (Lipinski definition) is 0. The Bertz CT molecular complexity index is 1450. The van der Waals surface area contributed by atoms with Crippen LogP contribution in [0.3, 0.4) is 0 Å². The number of halogens is 2. The molecule has 0 spiro atoms. The van der Waals surface area contributed by atoms with Gasteiger partial charge in [0.2, 0.25) is 21.7 Å². The van der Waals surface area contributed by atoms with Crippen LogP contribution in [0.5, 0.6) is 0 Å². The van der Waals surface area contributed by atoms with E-state index in [0.717, 1.165) is 13.1 Å². The van der Waals surface area contributed by atoms with E-state index in [1.807, 2.05) is 0 Å². The highest BCUT2D eigenvalue weighted by molar-refractivity contribution is 7.89. The normalized spacial score (nSPS) is 14.3. The Morgan fingerprint density at radius 1 is 1.00 bits per heavy atom. The van der Waals surface area contributed by atoms with Gasteiger partial charge in [-0.3, -0.25) is 14.5 Å². The Kier molecular flexibility index (Phi) is 10.2. The number of ketones is 1. The zero-order valence-electron chi connectivity index (χ0n) is 21.9. The first kappa shape index (κ1) is 30.0. The molecule has 0 N–H and O–H groups in total. The number of ether oxygens (including phenoxy) is 1. The summed E-state index contributed by atoms with van der Waals surface area (Å²) in [7, 11) is -2.33. The third kappa shape index (κ3) is 7.62. The van der Waals surface area contributed by atoms with Gasteiger partial charge >= 0.3 is 0 Å². The van der Waals surface area contributed by atoms with E-state index in [1.165, 1.54) is 40.8 Å². The fourth-order valence-corrected chi connectivity index (χ4v) is 5.64. The number of aromatic nitrogens is 2. The van der Waals surface area contributed by atoms with Crippen LogP contribution in [0.2, 0.25) is 10.0 Å². The number of rotatable bonds is 11. The van der Waals surface area contributed by atoms with Crippen molar-refractivity contribution in [2.45, 2.75) is 17.9 Å². The van der Waals surface area contributed by atoms with Crippen molar-refractivity contribution >= 4 is 50.6 Å². The standard InChI is InChI=1S/C27H29Cl2N5O5S/c1-32(10-11-33-12-14-39-15-13-33)40(37,38)22-5-2-4-21(17-22)34(19-20-6-7-23(28)24(29)16-20)26(36)18-25(35)27-30-8-3-9-31-27/h2-9,16-17H,10-15,18-19H2,1H3. The van der Waals surface area contributed by atoms with Crippen molar-refractivity contribution in [2.75, 3.05) is 51.3 Å². The van der Waals surface area contributed by atoms with Crippen molar-refractivity contribution in [3.8, 4) is 0 Å². The zero-order chi connectivity index (χ0) is 28.7. The van der Waals surface area contributed by atoms with Crippen LogP contribution in [-0.2, 0) is 26.1 Å². The molecule has 40 heavy (non-hydrogen) atoms. The molecule has 1 saturated heterocycles. The van der Waals surface area contributed by atoms with Crippen LogP contribution in [-0.4, -0.2) is 85.7 Å². The molecule has 1 aliphatic heterocycles. The third-order valence-electron chi connectivity index (χ3n) is 6.43. The SMILES string of the molecule is CN(CCN1CCOCC1)S(=O)(=O)c1cccc(N(Cc2ccc(Cl)c(Cl)c2)C(=O)CC(=O)c2ncccn2)c1. The number of carbonyl (C=O) groups is 2. The topological polar surface area (TPSA) is 113 Å². The number of amides is 1. The minimum atomic E-state index is -3.86. The maximum Gasteiger partial charge on any atom is 0.242 e. The van der Waals surface area contributed by atoms with Crippen LogP contribution < -0.4 is 4.90 Å². The third-order valence-corrected chi connectivity index (χ3v) is 9.02. The number of Topliss-reactive ketones (excluding diaryl/α,β-unsaturated/α-hetero) is 1. The molecule has 1 fully saturated rings. The van der Waals surface area contributed by atoms with Crippen LogP contribution in [0.1, 0.15) is 22.6 Å². The van der Waals surface area contributed by atoms with E-state index in [2.05, 4.69) is 14.9 Å². The summed E-state index contributed by atoms with van der Waals surface area (Å²) in [6.07, 6.45) is 2.33. The summed E-state index contributed by atoms with van der Waals surface area (Å²) in [6.45, 7) is 3.65. The Morgan fingerprint density at radius 3 is 2.42 bits per heavy atom. The lowest BCUT2D eigenvalue weighted by atomic mass is 10.1. The fourth-order valence-electron chi connectivity index (χ4n) is 4.12. The Hall–Kier alpha value is -2.93. The molecule has 2 aromatic carbocycles. The number of likely N-dealkylation sites (N-methyl/N-ethyl adjacent to an activating group) is 1. The first-order chi connectivity index (χ1) is 19.1. The molecule has 3 aromatic rings.